The number of hydrazone groups is 1. The van der Waals surface area contributed by atoms with Gasteiger partial charge in [-0.3, -0.25) is 14.9 Å². The van der Waals surface area contributed by atoms with Crippen molar-refractivity contribution in [2.75, 3.05) is 7.11 Å². The number of non-ortho nitro benzene ring substituents is 1. The summed E-state index contributed by atoms with van der Waals surface area (Å²) < 4.78 is 11.7. The van der Waals surface area contributed by atoms with Crippen molar-refractivity contribution < 1.29 is 18.9 Å². The molecule has 0 aliphatic carbocycles. The highest BCUT2D eigenvalue weighted by molar-refractivity contribution is 9.10. The molecule has 1 heterocycles. The average Bonchev–Trinajstić information content (AvgIpc) is 3.16. The van der Waals surface area contributed by atoms with Crippen molar-refractivity contribution in [2.24, 2.45) is 5.10 Å². The zero-order valence-electron chi connectivity index (χ0n) is 14.6. The van der Waals surface area contributed by atoms with Gasteiger partial charge in [0.1, 0.15) is 17.3 Å². The van der Waals surface area contributed by atoms with Crippen LogP contribution in [0.25, 0.3) is 11.3 Å². The highest BCUT2D eigenvalue weighted by atomic mass is 79.9. The number of benzene rings is 2. The van der Waals surface area contributed by atoms with E-state index < -0.39 is 4.92 Å². The van der Waals surface area contributed by atoms with Gasteiger partial charge < -0.3 is 9.15 Å². The van der Waals surface area contributed by atoms with Gasteiger partial charge in [0.2, 0.25) is 0 Å². The lowest BCUT2D eigenvalue weighted by atomic mass is 10.1. The molecule has 0 radical (unpaired) electrons. The highest BCUT2D eigenvalue weighted by Crippen LogP contribution is 2.34. The van der Waals surface area contributed by atoms with Gasteiger partial charge in [-0.05, 0) is 42.5 Å². The number of carbonyl (C=O) groups excluding carboxylic acids is 1. The van der Waals surface area contributed by atoms with E-state index in [1.807, 2.05) is 0 Å². The quantitative estimate of drug-likeness (QED) is 0.345. The van der Waals surface area contributed by atoms with Crippen LogP contribution in [0.4, 0.5) is 5.69 Å². The molecule has 3 aromatic rings. The number of furan rings is 1. The summed E-state index contributed by atoms with van der Waals surface area (Å²) in [5.41, 5.74) is 3.37. The molecule has 1 amide bonds. The Morgan fingerprint density at radius 3 is 2.64 bits per heavy atom. The highest BCUT2D eigenvalue weighted by Gasteiger charge is 2.15. The summed E-state index contributed by atoms with van der Waals surface area (Å²) in [5, 5.41) is 14.8. The van der Waals surface area contributed by atoms with E-state index in [1.54, 1.807) is 42.5 Å². The van der Waals surface area contributed by atoms with E-state index in [1.165, 1.54) is 25.5 Å². The maximum Gasteiger partial charge on any atom is 0.273 e. The number of hydrogen-bond donors (Lipinski definition) is 1. The van der Waals surface area contributed by atoms with E-state index in [4.69, 9.17) is 9.15 Å². The summed E-state index contributed by atoms with van der Waals surface area (Å²) in [6.45, 7) is 0. The number of nitro groups is 1. The normalized spacial score (nSPS) is 10.8. The third-order valence-corrected chi connectivity index (χ3v) is 4.28. The van der Waals surface area contributed by atoms with Crippen LogP contribution in [-0.2, 0) is 0 Å². The fraction of sp³-hybridized carbons (Fsp3) is 0.0526. The van der Waals surface area contributed by atoms with Crippen LogP contribution in [0.5, 0.6) is 5.75 Å². The van der Waals surface area contributed by atoms with Crippen molar-refractivity contribution >= 4 is 33.7 Å². The number of ether oxygens (including phenoxy) is 1. The van der Waals surface area contributed by atoms with Gasteiger partial charge >= 0.3 is 0 Å². The van der Waals surface area contributed by atoms with Crippen molar-refractivity contribution in [3.05, 3.63) is 80.5 Å². The molecule has 0 bridgehead atoms. The molecule has 0 saturated heterocycles. The SMILES string of the molecule is COc1cc([N+](=O)[O-])ccc1-c1ccc(C=NNC(=O)c2ccc(Br)cc2)o1. The number of nitro benzene ring substituents is 1. The molecule has 0 aliphatic rings. The fourth-order valence-electron chi connectivity index (χ4n) is 2.38. The molecule has 8 nitrogen and oxygen atoms in total. The summed E-state index contributed by atoms with van der Waals surface area (Å²) in [5.74, 6) is 0.807. The number of nitrogens with zero attached hydrogens (tertiary/aromatic N) is 2. The van der Waals surface area contributed by atoms with E-state index in [0.717, 1.165) is 4.47 Å². The summed E-state index contributed by atoms with van der Waals surface area (Å²) in [7, 11) is 1.42. The molecule has 0 aliphatic heterocycles. The number of rotatable bonds is 6. The van der Waals surface area contributed by atoms with E-state index in [0.29, 0.717) is 28.4 Å². The zero-order valence-corrected chi connectivity index (χ0v) is 16.2. The second-order valence-electron chi connectivity index (χ2n) is 5.55. The van der Waals surface area contributed by atoms with Gasteiger partial charge in [-0.15, -0.1) is 0 Å². The van der Waals surface area contributed by atoms with Crippen LogP contribution >= 0.6 is 15.9 Å². The standard InChI is InChI=1S/C19H14BrN3O5/c1-27-18-10-14(23(25)26)6-8-16(18)17-9-7-15(28-17)11-21-22-19(24)12-2-4-13(20)5-3-12/h2-11H,1H3,(H,22,24). The first-order valence-corrected chi connectivity index (χ1v) is 8.79. The van der Waals surface area contributed by atoms with Crippen molar-refractivity contribution in [2.45, 2.75) is 0 Å². The molecule has 28 heavy (non-hydrogen) atoms. The third-order valence-electron chi connectivity index (χ3n) is 3.75. The molecule has 2 aromatic carbocycles. The Morgan fingerprint density at radius 1 is 1.21 bits per heavy atom. The second-order valence-corrected chi connectivity index (χ2v) is 6.47. The molecule has 0 fully saturated rings. The number of carbonyl (C=O) groups is 1. The van der Waals surface area contributed by atoms with Crippen molar-refractivity contribution in [1.29, 1.82) is 0 Å². The molecular weight excluding hydrogens is 430 g/mol. The predicted octanol–water partition coefficient (Wildman–Crippen LogP) is 4.39. The Kier molecular flexibility index (Phi) is 5.85. The first-order chi connectivity index (χ1) is 13.5. The van der Waals surface area contributed by atoms with Crippen LogP contribution in [0.1, 0.15) is 16.1 Å². The van der Waals surface area contributed by atoms with E-state index >= 15 is 0 Å². The van der Waals surface area contributed by atoms with Crippen LogP contribution in [0.15, 0.2) is 68.6 Å². The summed E-state index contributed by atoms with van der Waals surface area (Å²) in [6, 6.07) is 14.4. The van der Waals surface area contributed by atoms with Crippen molar-refractivity contribution in [3.63, 3.8) is 0 Å². The maximum absolute atomic E-state index is 12.0. The Morgan fingerprint density at radius 2 is 1.96 bits per heavy atom. The Balaban J connectivity index is 1.72. The zero-order chi connectivity index (χ0) is 20.1. The van der Waals surface area contributed by atoms with Crippen molar-refractivity contribution in [1.82, 2.24) is 5.43 Å². The first-order valence-electron chi connectivity index (χ1n) is 7.99. The number of amides is 1. The summed E-state index contributed by atoms with van der Waals surface area (Å²) >= 11 is 3.30. The maximum atomic E-state index is 12.0. The van der Waals surface area contributed by atoms with Gasteiger partial charge in [-0.25, -0.2) is 5.43 Å². The van der Waals surface area contributed by atoms with Crippen LogP contribution < -0.4 is 10.2 Å². The van der Waals surface area contributed by atoms with Crippen LogP contribution in [0.3, 0.4) is 0 Å². The van der Waals surface area contributed by atoms with E-state index in [2.05, 4.69) is 26.5 Å². The minimum absolute atomic E-state index is 0.0791. The second kappa shape index (κ2) is 8.49. The molecule has 9 heteroatoms. The minimum Gasteiger partial charge on any atom is -0.496 e. The van der Waals surface area contributed by atoms with Crippen LogP contribution in [-0.4, -0.2) is 24.2 Å². The lowest BCUT2D eigenvalue weighted by molar-refractivity contribution is -0.384. The first kappa shape index (κ1) is 19.3. The van der Waals surface area contributed by atoms with Crippen LogP contribution in [0.2, 0.25) is 0 Å². The monoisotopic (exact) mass is 443 g/mol. The molecule has 0 saturated carbocycles. The number of halogens is 1. The Hall–Kier alpha value is -3.46. The average molecular weight is 444 g/mol. The van der Waals surface area contributed by atoms with E-state index in [9.17, 15) is 14.9 Å². The summed E-state index contributed by atoms with van der Waals surface area (Å²) in [6.07, 6.45) is 1.36. The molecule has 1 N–H and O–H groups in total. The van der Waals surface area contributed by atoms with Gasteiger partial charge in [0.05, 0.1) is 29.9 Å². The lowest BCUT2D eigenvalue weighted by Gasteiger charge is -2.05. The van der Waals surface area contributed by atoms with Crippen LogP contribution in [0, 0.1) is 10.1 Å². The lowest BCUT2D eigenvalue weighted by Crippen LogP contribution is -2.17. The van der Waals surface area contributed by atoms with Gasteiger partial charge in [-0.2, -0.15) is 5.10 Å². The van der Waals surface area contributed by atoms with Gasteiger partial charge in [0.25, 0.3) is 11.6 Å². The van der Waals surface area contributed by atoms with Crippen molar-refractivity contribution in [3.8, 4) is 17.1 Å². The Labute approximate surface area is 168 Å². The third kappa shape index (κ3) is 4.44. The molecule has 1 aromatic heterocycles. The minimum atomic E-state index is -0.499. The number of nitrogens with one attached hydrogen (secondary N) is 1. The number of hydrogen-bond acceptors (Lipinski definition) is 6. The Bertz CT molecular complexity index is 1040. The fourth-order valence-corrected chi connectivity index (χ4v) is 2.65. The molecule has 0 spiro atoms. The molecule has 0 unspecified atom stereocenters. The molecule has 142 valence electrons. The topological polar surface area (TPSA) is 107 Å². The smallest absolute Gasteiger partial charge is 0.273 e. The van der Waals surface area contributed by atoms with Gasteiger partial charge in [0, 0.05) is 16.1 Å². The molecule has 3 rings (SSSR count). The van der Waals surface area contributed by atoms with Gasteiger partial charge in [0.15, 0.2) is 0 Å². The van der Waals surface area contributed by atoms with Gasteiger partial charge in [-0.1, -0.05) is 15.9 Å². The summed E-state index contributed by atoms with van der Waals surface area (Å²) in [4.78, 5) is 22.4. The predicted molar refractivity (Wildman–Crippen MR) is 107 cm³/mol. The number of methoxy groups -OCH3 is 1. The van der Waals surface area contributed by atoms with E-state index in [-0.39, 0.29) is 11.6 Å². The molecule has 0 atom stereocenters. The molecular formula is C19H14BrN3O5. The largest absolute Gasteiger partial charge is 0.496 e.